The number of aliphatic hydroxyl groups is 1. The standard InChI is InChI=1S/C21H23F2N3O4/c22-13-1-7-17(8-2-13)30-21-18(11-14(23)12-24-21)20(29)26-16-5-3-15(4-6-16)25-19(28)9-10-27/h1-2,7-8,11-12,15-16,27H,3-6,9-10H2,(H,25,28)(H,26,29). The number of amides is 2. The molecule has 0 aliphatic heterocycles. The van der Waals surface area contributed by atoms with E-state index >= 15 is 0 Å². The van der Waals surface area contributed by atoms with Crippen LogP contribution in [-0.2, 0) is 4.79 Å². The van der Waals surface area contributed by atoms with Gasteiger partial charge in [-0.15, -0.1) is 0 Å². The quantitative estimate of drug-likeness (QED) is 0.641. The molecule has 1 aromatic heterocycles. The van der Waals surface area contributed by atoms with Gasteiger partial charge >= 0.3 is 0 Å². The fraction of sp³-hybridized carbons (Fsp3) is 0.381. The van der Waals surface area contributed by atoms with Gasteiger partial charge in [0.1, 0.15) is 22.9 Å². The van der Waals surface area contributed by atoms with Crippen LogP contribution in [-0.4, -0.2) is 40.6 Å². The highest BCUT2D eigenvalue weighted by molar-refractivity contribution is 5.96. The molecule has 2 amide bonds. The summed E-state index contributed by atoms with van der Waals surface area (Å²) in [6.07, 6.45) is 3.67. The Bertz CT molecular complexity index is 884. The number of carbonyl (C=O) groups is 2. The van der Waals surface area contributed by atoms with Crippen LogP contribution >= 0.6 is 0 Å². The Kier molecular flexibility index (Phi) is 7.29. The highest BCUT2D eigenvalue weighted by atomic mass is 19.1. The van der Waals surface area contributed by atoms with E-state index in [9.17, 15) is 18.4 Å². The molecular formula is C21H23F2N3O4. The Balaban J connectivity index is 1.61. The summed E-state index contributed by atoms with van der Waals surface area (Å²) in [5.74, 6) is -1.64. The molecule has 1 saturated carbocycles. The van der Waals surface area contributed by atoms with Gasteiger partial charge in [-0.2, -0.15) is 0 Å². The monoisotopic (exact) mass is 419 g/mol. The number of hydrogen-bond acceptors (Lipinski definition) is 5. The molecule has 9 heteroatoms. The molecule has 0 spiro atoms. The number of aliphatic hydroxyl groups excluding tert-OH is 1. The number of pyridine rings is 1. The highest BCUT2D eigenvalue weighted by Crippen LogP contribution is 2.25. The Morgan fingerprint density at radius 2 is 1.67 bits per heavy atom. The molecular weight excluding hydrogens is 396 g/mol. The number of rotatable bonds is 7. The maximum atomic E-state index is 13.7. The van der Waals surface area contributed by atoms with Crippen LogP contribution in [0.2, 0.25) is 0 Å². The number of benzene rings is 1. The van der Waals surface area contributed by atoms with Crippen molar-refractivity contribution in [1.29, 1.82) is 0 Å². The van der Waals surface area contributed by atoms with E-state index in [1.165, 1.54) is 24.3 Å². The molecule has 1 aliphatic rings. The van der Waals surface area contributed by atoms with Crippen LogP contribution in [0.15, 0.2) is 36.5 Å². The second-order valence-corrected chi connectivity index (χ2v) is 7.13. The largest absolute Gasteiger partial charge is 0.438 e. The van der Waals surface area contributed by atoms with Gasteiger partial charge < -0.3 is 20.5 Å². The predicted octanol–water partition coefficient (Wildman–Crippen LogP) is 2.69. The molecule has 160 valence electrons. The third kappa shape index (κ3) is 5.96. The molecule has 2 aromatic rings. The zero-order valence-corrected chi connectivity index (χ0v) is 16.2. The molecule has 30 heavy (non-hydrogen) atoms. The number of aromatic nitrogens is 1. The maximum absolute atomic E-state index is 13.7. The lowest BCUT2D eigenvalue weighted by Crippen LogP contribution is -2.44. The number of carbonyl (C=O) groups excluding carboxylic acids is 2. The summed E-state index contributed by atoms with van der Waals surface area (Å²) in [6, 6.07) is 6.09. The van der Waals surface area contributed by atoms with Crippen molar-refractivity contribution >= 4 is 11.8 Å². The first-order valence-corrected chi connectivity index (χ1v) is 9.74. The topological polar surface area (TPSA) is 101 Å². The zero-order chi connectivity index (χ0) is 21.5. The van der Waals surface area contributed by atoms with Crippen LogP contribution in [0, 0.1) is 11.6 Å². The summed E-state index contributed by atoms with van der Waals surface area (Å²) in [7, 11) is 0. The summed E-state index contributed by atoms with van der Waals surface area (Å²) >= 11 is 0. The second-order valence-electron chi connectivity index (χ2n) is 7.13. The number of hydrogen-bond donors (Lipinski definition) is 3. The van der Waals surface area contributed by atoms with Crippen molar-refractivity contribution in [3.05, 3.63) is 53.7 Å². The van der Waals surface area contributed by atoms with Gasteiger partial charge in [0.05, 0.1) is 12.8 Å². The van der Waals surface area contributed by atoms with Crippen molar-refractivity contribution in [2.75, 3.05) is 6.61 Å². The normalized spacial score (nSPS) is 18.5. The van der Waals surface area contributed by atoms with E-state index in [1.807, 2.05) is 0 Å². The van der Waals surface area contributed by atoms with Gasteiger partial charge in [0.2, 0.25) is 11.8 Å². The molecule has 0 bridgehead atoms. The van der Waals surface area contributed by atoms with Crippen molar-refractivity contribution in [2.45, 2.75) is 44.2 Å². The molecule has 0 unspecified atom stereocenters. The maximum Gasteiger partial charge on any atom is 0.257 e. The Morgan fingerprint density at radius 1 is 1.03 bits per heavy atom. The predicted molar refractivity (Wildman–Crippen MR) is 104 cm³/mol. The Morgan fingerprint density at radius 3 is 2.30 bits per heavy atom. The summed E-state index contributed by atoms with van der Waals surface area (Å²) in [4.78, 5) is 28.1. The first-order valence-electron chi connectivity index (χ1n) is 9.74. The van der Waals surface area contributed by atoms with Crippen LogP contribution in [0.5, 0.6) is 11.6 Å². The van der Waals surface area contributed by atoms with Crippen molar-refractivity contribution in [3.8, 4) is 11.6 Å². The van der Waals surface area contributed by atoms with Crippen LogP contribution < -0.4 is 15.4 Å². The SMILES string of the molecule is O=C(CCO)NC1CCC(NC(=O)c2cc(F)cnc2Oc2ccc(F)cc2)CC1. The third-order valence-corrected chi connectivity index (χ3v) is 4.86. The third-order valence-electron chi connectivity index (χ3n) is 4.86. The summed E-state index contributed by atoms with van der Waals surface area (Å²) < 4.78 is 32.3. The molecule has 3 rings (SSSR count). The van der Waals surface area contributed by atoms with Crippen molar-refractivity contribution in [2.24, 2.45) is 0 Å². The molecule has 7 nitrogen and oxygen atoms in total. The fourth-order valence-electron chi connectivity index (χ4n) is 3.33. The van der Waals surface area contributed by atoms with Gasteiger partial charge in [-0.3, -0.25) is 9.59 Å². The Hall–Kier alpha value is -3.07. The van der Waals surface area contributed by atoms with Crippen molar-refractivity contribution < 1.29 is 28.2 Å². The average molecular weight is 419 g/mol. The van der Waals surface area contributed by atoms with Crippen molar-refractivity contribution in [1.82, 2.24) is 15.6 Å². The van der Waals surface area contributed by atoms with Gasteiger partial charge in [-0.1, -0.05) is 0 Å². The molecule has 0 radical (unpaired) electrons. The first kappa shape index (κ1) is 21.6. The molecule has 3 N–H and O–H groups in total. The zero-order valence-electron chi connectivity index (χ0n) is 16.2. The summed E-state index contributed by atoms with van der Waals surface area (Å²) in [5.41, 5.74) is -0.0577. The van der Waals surface area contributed by atoms with Gasteiger partial charge in [-0.25, -0.2) is 13.8 Å². The van der Waals surface area contributed by atoms with E-state index in [1.54, 1.807) is 0 Å². The number of halogens is 2. The van der Waals surface area contributed by atoms with E-state index in [-0.39, 0.29) is 48.2 Å². The summed E-state index contributed by atoms with van der Waals surface area (Å²) in [6.45, 7) is -0.193. The average Bonchev–Trinajstić information content (AvgIpc) is 2.72. The van der Waals surface area contributed by atoms with Gasteiger partial charge in [-0.05, 0) is 56.0 Å². The fourth-order valence-corrected chi connectivity index (χ4v) is 3.33. The van der Waals surface area contributed by atoms with Gasteiger partial charge in [0.25, 0.3) is 5.91 Å². The van der Waals surface area contributed by atoms with Crippen LogP contribution in [0.1, 0.15) is 42.5 Å². The van der Waals surface area contributed by atoms with Crippen LogP contribution in [0.4, 0.5) is 8.78 Å². The minimum atomic E-state index is -0.679. The first-order chi connectivity index (χ1) is 14.4. The molecule has 1 fully saturated rings. The van der Waals surface area contributed by atoms with Gasteiger partial charge in [0.15, 0.2) is 0 Å². The van der Waals surface area contributed by atoms with Gasteiger partial charge in [0, 0.05) is 18.5 Å². The highest BCUT2D eigenvalue weighted by Gasteiger charge is 2.25. The lowest BCUT2D eigenvalue weighted by atomic mass is 9.91. The number of ether oxygens (including phenoxy) is 1. The minimum absolute atomic E-state index is 0.00501. The van der Waals surface area contributed by atoms with E-state index in [0.717, 1.165) is 12.3 Å². The number of nitrogens with one attached hydrogen (secondary N) is 2. The molecule has 1 aromatic carbocycles. The van der Waals surface area contributed by atoms with E-state index in [4.69, 9.17) is 9.84 Å². The van der Waals surface area contributed by atoms with Crippen LogP contribution in [0.25, 0.3) is 0 Å². The molecule has 0 atom stereocenters. The lowest BCUT2D eigenvalue weighted by Gasteiger charge is -2.29. The van der Waals surface area contributed by atoms with Crippen molar-refractivity contribution in [3.63, 3.8) is 0 Å². The van der Waals surface area contributed by atoms with E-state index < -0.39 is 17.5 Å². The molecule has 1 heterocycles. The number of nitrogens with zero attached hydrogens (tertiary/aromatic N) is 1. The Labute approximate surface area is 172 Å². The second kappa shape index (κ2) is 10.1. The summed E-state index contributed by atoms with van der Waals surface area (Å²) in [5, 5.41) is 14.5. The smallest absolute Gasteiger partial charge is 0.257 e. The van der Waals surface area contributed by atoms with E-state index in [0.29, 0.717) is 25.7 Å². The van der Waals surface area contributed by atoms with Crippen LogP contribution in [0.3, 0.4) is 0 Å². The minimum Gasteiger partial charge on any atom is -0.438 e. The van der Waals surface area contributed by atoms with E-state index in [2.05, 4.69) is 15.6 Å². The molecule has 0 saturated heterocycles. The molecule has 1 aliphatic carbocycles. The lowest BCUT2D eigenvalue weighted by molar-refractivity contribution is -0.122.